The van der Waals surface area contributed by atoms with Gasteiger partial charge in [0.15, 0.2) is 17.3 Å². The van der Waals surface area contributed by atoms with Crippen LogP contribution >= 0.6 is 0 Å². The second-order valence-electron chi connectivity index (χ2n) is 10.4. The fraction of sp³-hybridized carbons (Fsp3) is 0.273. The molecule has 4 aromatic rings. The molecule has 3 N–H and O–H groups in total. The summed E-state index contributed by atoms with van der Waals surface area (Å²) in [6.07, 6.45) is 7.73. The Morgan fingerprint density at radius 2 is 1.89 bits per heavy atom. The largest absolute Gasteiger partial charge is 0.493 e. The highest BCUT2D eigenvalue weighted by Crippen LogP contribution is 2.39. The molecule has 0 spiro atoms. The molecule has 6 rings (SSSR count). The van der Waals surface area contributed by atoms with E-state index in [0.29, 0.717) is 40.8 Å². The summed E-state index contributed by atoms with van der Waals surface area (Å²) in [5.41, 5.74) is 6.67. The van der Waals surface area contributed by atoms with Crippen LogP contribution in [-0.2, 0) is 15.1 Å². The molecule has 1 unspecified atom stereocenters. The smallest absolute Gasteiger partial charge is 0.284 e. The summed E-state index contributed by atoms with van der Waals surface area (Å²) < 4.78 is 23.5. The number of aliphatic imine (C=N–C) groups is 1. The molecule has 1 atom stereocenters. The lowest BCUT2D eigenvalue weighted by Crippen LogP contribution is -2.40. The van der Waals surface area contributed by atoms with E-state index in [4.69, 9.17) is 29.7 Å². The number of hydrogen-bond donors (Lipinski definition) is 2. The Labute approximate surface area is 255 Å². The number of benzene rings is 2. The Morgan fingerprint density at radius 3 is 2.64 bits per heavy atom. The predicted molar refractivity (Wildman–Crippen MR) is 166 cm³/mol. The summed E-state index contributed by atoms with van der Waals surface area (Å²) in [5.74, 6) is 1.74. The van der Waals surface area contributed by atoms with Crippen molar-refractivity contribution in [2.75, 3.05) is 46.6 Å². The van der Waals surface area contributed by atoms with Crippen LogP contribution in [0.3, 0.4) is 0 Å². The number of methoxy groups -OCH3 is 1. The Balaban J connectivity index is 1.22. The average molecular weight is 595 g/mol. The molecule has 0 saturated carbocycles. The number of rotatable bonds is 11. The summed E-state index contributed by atoms with van der Waals surface area (Å²) in [6, 6.07) is 18.8. The van der Waals surface area contributed by atoms with Crippen molar-refractivity contribution in [3.05, 3.63) is 96.6 Å². The number of nitrogens with two attached hydrogens (primary N) is 1. The maximum absolute atomic E-state index is 12.0. The third kappa shape index (κ3) is 6.19. The number of primary amides is 1. The number of fused-ring (bicyclic) bond motifs is 1. The fourth-order valence-electron chi connectivity index (χ4n) is 5.33. The lowest BCUT2D eigenvalue weighted by molar-refractivity contribution is -0.112. The van der Waals surface area contributed by atoms with Crippen LogP contribution in [0, 0.1) is 0 Å². The van der Waals surface area contributed by atoms with E-state index in [0.717, 1.165) is 50.2 Å². The highest BCUT2D eigenvalue weighted by atomic mass is 16.5. The van der Waals surface area contributed by atoms with Crippen molar-refractivity contribution in [3.8, 4) is 23.0 Å². The number of carbonyl (C=O) groups is 1. The first-order valence-electron chi connectivity index (χ1n) is 14.5. The number of aromatic nitrogens is 2. The normalized spacial score (nSPS) is 18.3. The molecule has 2 aliphatic rings. The number of amidine groups is 1. The van der Waals surface area contributed by atoms with Crippen LogP contribution in [-0.4, -0.2) is 73.2 Å². The van der Waals surface area contributed by atoms with Gasteiger partial charge >= 0.3 is 0 Å². The topological polar surface area (TPSA) is 133 Å². The highest BCUT2D eigenvalue weighted by molar-refractivity contribution is 6.37. The number of carbonyl (C=O) groups excluding carboxylic acids is 1. The van der Waals surface area contributed by atoms with Crippen molar-refractivity contribution >= 4 is 22.6 Å². The number of nitrogens with one attached hydrogen (secondary N) is 1. The summed E-state index contributed by atoms with van der Waals surface area (Å²) >= 11 is 0. The highest BCUT2D eigenvalue weighted by Gasteiger charge is 2.36. The van der Waals surface area contributed by atoms with E-state index in [2.05, 4.69) is 20.2 Å². The molecule has 0 radical (unpaired) electrons. The molecule has 1 fully saturated rings. The van der Waals surface area contributed by atoms with Crippen LogP contribution in [0.5, 0.6) is 23.0 Å². The van der Waals surface area contributed by atoms with Crippen LogP contribution in [0.2, 0.25) is 0 Å². The second kappa shape index (κ2) is 13.1. The van der Waals surface area contributed by atoms with E-state index < -0.39 is 11.4 Å². The molecule has 226 valence electrons. The van der Waals surface area contributed by atoms with Gasteiger partial charge in [0.1, 0.15) is 17.0 Å². The Hall–Kier alpha value is -5.00. The fourth-order valence-corrected chi connectivity index (χ4v) is 5.33. The molecule has 2 aromatic heterocycles. The molecule has 0 bridgehead atoms. The van der Waals surface area contributed by atoms with Gasteiger partial charge in [-0.15, -0.1) is 0 Å². The van der Waals surface area contributed by atoms with E-state index in [1.165, 1.54) is 0 Å². The Kier molecular flexibility index (Phi) is 8.67. The maximum Gasteiger partial charge on any atom is 0.284 e. The summed E-state index contributed by atoms with van der Waals surface area (Å²) in [4.78, 5) is 28.3. The predicted octanol–water partition coefficient (Wildman–Crippen LogP) is 3.78. The monoisotopic (exact) mass is 594 g/mol. The minimum atomic E-state index is -1.04. The second-order valence-corrected chi connectivity index (χ2v) is 10.4. The standard InChI is InChI=1S/C33H34N6O5/c1-41-28-20-25-26(21-29(28)43-17-5-14-39-15-18-42-19-16-39)35-12-10-27(25)44-24-8-9-30(37-22-24)33(23-6-3-2-4-7-23)11-13-36-32(38-33)31(34)40/h2-4,6-13,20-22H,5,14-19H2,1H3,(H2,34,40)(H,36,38). The third-order valence-electron chi connectivity index (χ3n) is 7.60. The Morgan fingerprint density at radius 1 is 1.05 bits per heavy atom. The van der Waals surface area contributed by atoms with Crippen LogP contribution < -0.4 is 25.3 Å². The van der Waals surface area contributed by atoms with Gasteiger partial charge in [0.2, 0.25) is 0 Å². The van der Waals surface area contributed by atoms with Crippen molar-refractivity contribution in [2.24, 2.45) is 10.7 Å². The zero-order valence-electron chi connectivity index (χ0n) is 24.4. The number of hydrogen-bond acceptors (Lipinski definition) is 10. The van der Waals surface area contributed by atoms with Crippen molar-refractivity contribution in [1.82, 2.24) is 20.2 Å². The van der Waals surface area contributed by atoms with E-state index in [9.17, 15) is 4.79 Å². The lowest BCUT2D eigenvalue weighted by atomic mass is 9.85. The molecule has 44 heavy (non-hydrogen) atoms. The van der Waals surface area contributed by atoms with Gasteiger partial charge in [0, 0.05) is 43.5 Å². The number of nitrogens with zero attached hydrogens (tertiary/aromatic N) is 4. The average Bonchev–Trinajstić information content (AvgIpc) is 3.07. The van der Waals surface area contributed by atoms with E-state index in [-0.39, 0.29) is 5.84 Å². The molecule has 4 heterocycles. The van der Waals surface area contributed by atoms with Gasteiger partial charge < -0.3 is 30.0 Å². The minimum absolute atomic E-state index is 0.0520. The third-order valence-corrected chi connectivity index (χ3v) is 7.60. The number of amides is 1. The van der Waals surface area contributed by atoms with Gasteiger partial charge in [-0.2, -0.15) is 0 Å². The quantitative estimate of drug-likeness (QED) is 0.249. The zero-order valence-corrected chi connectivity index (χ0v) is 24.4. The number of morpholine rings is 1. The van der Waals surface area contributed by atoms with Crippen LogP contribution in [0.4, 0.5) is 0 Å². The van der Waals surface area contributed by atoms with Crippen LogP contribution in [0.25, 0.3) is 10.9 Å². The molecule has 2 aromatic carbocycles. The van der Waals surface area contributed by atoms with Gasteiger partial charge in [-0.25, -0.2) is 4.99 Å². The van der Waals surface area contributed by atoms with E-state index >= 15 is 0 Å². The number of ether oxygens (including phenoxy) is 4. The first-order chi connectivity index (χ1) is 21.6. The van der Waals surface area contributed by atoms with Gasteiger partial charge in [0.25, 0.3) is 5.91 Å². The van der Waals surface area contributed by atoms with Crippen LogP contribution in [0.15, 0.2) is 90.3 Å². The van der Waals surface area contributed by atoms with Crippen molar-refractivity contribution in [3.63, 3.8) is 0 Å². The van der Waals surface area contributed by atoms with Crippen molar-refractivity contribution < 1.29 is 23.7 Å². The van der Waals surface area contributed by atoms with Gasteiger partial charge in [0.05, 0.1) is 44.3 Å². The molecular weight excluding hydrogens is 560 g/mol. The van der Waals surface area contributed by atoms with Crippen molar-refractivity contribution in [2.45, 2.75) is 12.0 Å². The molecule has 2 aliphatic heterocycles. The van der Waals surface area contributed by atoms with Gasteiger partial charge in [-0.05, 0) is 42.3 Å². The molecule has 1 amide bonds. The Bertz CT molecular complexity index is 1670. The molecule has 0 aliphatic carbocycles. The first-order valence-corrected chi connectivity index (χ1v) is 14.5. The van der Waals surface area contributed by atoms with Crippen molar-refractivity contribution in [1.29, 1.82) is 0 Å². The number of pyridine rings is 2. The van der Waals surface area contributed by atoms with Crippen LogP contribution in [0.1, 0.15) is 17.7 Å². The van der Waals surface area contributed by atoms with E-state index in [1.807, 2.05) is 60.7 Å². The van der Waals surface area contributed by atoms with Gasteiger partial charge in [-0.1, -0.05) is 30.3 Å². The molecule has 11 nitrogen and oxygen atoms in total. The zero-order chi connectivity index (χ0) is 30.4. The van der Waals surface area contributed by atoms with Gasteiger partial charge in [-0.3, -0.25) is 19.7 Å². The maximum atomic E-state index is 12.0. The SMILES string of the molecule is COc1cc2c(Oc3ccc(C4(c5ccccc5)C=CNC(C(N)=O)=N4)nc3)ccnc2cc1OCCCN1CCOCC1. The minimum Gasteiger partial charge on any atom is -0.493 e. The lowest BCUT2D eigenvalue weighted by Gasteiger charge is -2.30. The van der Waals surface area contributed by atoms with E-state index in [1.54, 1.807) is 31.8 Å². The summed E-state index contributed by atoms with van der Waals surface area (Å²) in [5, 5.41) is 3.60. The molecule has 1 saturated heterocycles. The first kappa shape index (κ1) is 29.1. The summed E-state index contributed by atoms with van der Waals surface area (Å²) in [7, 11) is 1.62. The molecular formula is C33H34N6O5. The summed E-state index contributed by atoms with van der Waals surface area (Å²) in [6.45, 7) is 5.00. The molecule has 11 heteroatoms.